The lowest BCUT2D eigenvalue weighted by Crippen LogP contribution is -2.52. The first kappa shape index (κ1) is 17.9. The summed E-state index contributed by atoms with van der Waals surface area (Å²) in [5, 5.41) is 8.98. The van der Waals surface area contributed by atoms with Crippen molar-refractivity contribution in [2.45, 2.75) is 70.7 Å². The molecule has 0 aromatic heterocycles. The molecule has 120 valence electrons. The lowest BCUT2D eigenvalue weighted by atomic mass is 10.0. The Morgan fingerprint density at radius 3 is 2.38 bits per heavy atom. The summed E-state index contributed by atoms with van der Waals surface area (Å²) in [6.07, 6.45) is 1.63. The smallest absolute Gasteiger partial charge is 0.340 e. The second kappa shape index (κ2) is 6.73. The van der Waals surface area contributed by atoms with E-state index in [1.807, 2.05) is 32.7 Å². The minimum Gasteiger partial charge on any atom is -0.458 e. The summed E-state index contributed by atoms with van der Waals surface area (Å²) in [6, 6.07) is 2.33. The Hall–Kier alpha value is -1.16. The van der Waals surface area contributed by atoms with Crippen LogP contribution in [0.4, 0.5) is 0 Å². The number of likely N-dealkylation sites (tertiary alicyclic amines) is 1. The van der Waals surface area contributed by atoms with Crippen LogP contribution < -0.4 is 5.48 Å². The van der Waals surface area contributed by atoms with E-state index in [4.69, 9.17) is 14.8 Å². The second-order valence-electron chi connectivity index (χ2n) is 7.09. The highest BCUT2D eigenvalue weighted by molar-refractivity contribution is 5.78. The van der Waals surface area contributed by atoms with Gasteiger partial charge in [-0.1, -0.05) is 0 Å². The Labute approximate surface area is 127 Å². The van der Waals surface area contributed by atoms with Crippen LogP contribution in [-0.2, 0) is 14.4 Å². The summed E-state index contributed by atoms with van der Waals surface area (Å²) in [5.41, 5.74) is 1.36. The number of likely N-dealkylation sites (N-methyl/N-ethyl adjacent to an activating group) is 1. The van der Waals surface area contributed by atoms with Crippen LogP contribution >= 0.6 is 0 Å². The van der Waals surface area contributed by atoms with Crippen molar-refractivity contribution in [3.63, 3.8) is 0 Å². The molecular weight excluding hydrogens is 270 g/mol. The summed E-state index contributed by atoms with van der Waals surface area (Å²) in [7, 11) is 1.92. The van der Waals surface area contributed by atoms with Gasteiger partial charge >= 0.3 is 5.97 Å². The van der Waals surface area contributed by atoms with Gasteiger partial charge in [0.05, 0.1) is 12.1 Å². The summed E-state index contributed by atoms with van der Waals surface area (Å²) in [5.74, 6) is -0.401. The van der Waals surface area contributed by atoms with Gasteiger partial charge in [-0.05, 0) is 54.5 Å². The third kappa shape index (κ3) is 5.62. The van der Waals surface area contributed by atoms with Crippen LogP contribution in [0.25, 0.3) is 0 Å². The number of hydrogen-bond acceptors (Lipinski definition) is 6. The van der Waals surface area contributed by atoms with Crippen LogP contribution in [0.5, 0.6) is 0 Å². The normalized spacial score (nSPS) is 24.4. The number of carbonyl (C=O) groups is 1. The number of nitrogens with zero attached hydrogens (tertiary/aromatic N) is 2. The molecule has 1 heterocycles. The maximum absolute atomic E-state index is 12.1. The fourth-order valence-electron chi connectivity index (χ4n) is 2.08. The molecule has 0 saturated carbocycles. The molecule has 6 nitrogen and oxygen atoms in total. The fourth-order valence-corrected chi connectivity index (χ4v) is 2.08. The van der Waals surface area contributed by atoms with E-state index in [0.29, 0.717) is 6.54 Å². The molecule has 21 heavy (non-hydrogen) atoms. The Morgan fingerprint density at radius 2 is 1.90 bits per heavy atom. The van der Waals surface area contributed by atoms with Gasteiger partial charge in [-0.15, -0.1) is 0 Å². The minimum absolute atomic E-state index is 0.0399. The molecule has 0 unspecified atom stereocenters. The van der Waals surface area contributed by atoms with Crippen molar-refractivity contribution in [3.05, 3.63) is 0 Å². The molecule has 0 aromatic rings. The highest BCUT2D eigenvalue weighted by Gasteiger charge is 2.35. The molecule has 0 aliphatic carbocycles. The fraction of sp³-hybridized carbons (Fsp3) is 0.867. The predicted octanol–water partition coefficient (Wildman–Crippen LogP) is 1.61. The van der Waals surface area contributed by atoms with Crippen molar-refractivity contribution in [2.75, 3.05) is 13.6 Å². The van der Waals surface area contributed by atoms with E-state index in [9.17, 15) is 4.79 Å². The Balaban J connectivity index is 2.47. The van der Waals surface area contributed by atoms with Gasteiger partial charge < -0.3 is 4.74 Å². The summed E-state index contributed by atoms with van der Waals surface area (Å²) in [6.45, 7) is 9.55. The molecule has 0 amide bonds. The largest absolute Gasteiger partial charge is 0.458 e. The summed E-state index contributed by atoms with van der Waals surface area (Å²) < 4.78 is 5.34. The standard InChI is InChI=1S/C15H27N3O3/c1-14(2,3)20-13(19)15(4,5)21-17-11-7-8-12(9-16)18(6)10-11/h11-12,17H,7-8,10H2,1-6H3/t11-,12+/m1/s1. The van der Waals surface area contributed by atoms with E-state index in [0.717, 1.165) is 12.8 Å². The Bertz CT molecular complexity index is 409. The van der Waals surface area contributed by atoms with E-state index < -0.39 is 17.2 Å². The molecule has 1 aliphatic rings. The monoisotopic (exact) mass is 297 g/mol. The van der Waals surface area contributed by atoms with Crippen molar-refractivity contribution in [1.82, 2.24) is 10.4 Å². The number of hydroxylamine groups is 1. The van der Waals surface area contributed by atoms with Crippen LogP contribution in [0.3, 0.4) is 0 Å². The molecule has 1 N–H and O–H groups in total. The maximum Gasteiger partial charge on any atom is 0.340 e. The van der Waals surface area contributed by atoms with Gasteiger partial charge in [-0.2, -0.15) is 10.7 Å². The van der Waals surface area contributed by atoms with Crippen LogP contribution in [0, 0.1) is 11.3 Å². The Morgan fingerprint density at radius 1 is 1.29 bits per heavy atom. The van der Waals surface area contributed by atoms with Crippen LogP contribution in [-0.4, -0.2) is 47.7 Å². The third-order valence-electron chi connectivity index (χ3n) is 3.35. The molecular formula is C15H27N3O3. The topological polar surface area (TPSA) is 74.6 Å². The number of hydrogen-bond donors (Lipinski definition) is 1. The molecule has 1 rings (SSSR count). The SMILES string of the molecule is CN1C[C@H](NOC(C)(C)C(=O)OC(C)(C)C)CC[C@H]1C#N. The van der Waals surface area contributed by atoms with Crippen molar-refractivity contribution in [1.29, 1.82) is 5.26 Å². The van der Waals surface area contributed by atoms with Gasteiger partial charge in [-0.25, -0.2) is 4.79 Å². The molecule has 0 bridgehead atoms. The van der Waals surface area contributed by atoms with Gasteiger partial charge in [0.2, 0.25) is 0 Å². The van der Waals surface area contributed by atoms with Gasteiger partial charge in [-0.3, -0.25) is 9.74 Å². The van der Waals surface area contributed by atoms with Gasteiger partial charge in [0.1, 0.15) is 5.60 Å². The van der Waals surface area contributed by atoms with E-state index in [1.54, 1.807) is 13.8 Å². The minimum atomic E-state index is -1.06. The molecule has 1 aliphatic heterocycles. The third-order valence-corrected chi connectivity index (χ3v) is 3.35. The zero-order valence-corrected chi connectivity index (χ0v) is 13.9. The molecule has 2 atom stereocenters. The van der Waals surface area contributed by atoms with Crippen LogP contribution in [0.15, 0.2) is 0 Å². The second-order valence-corrected chi connectivity index (χ2v) is 7.09. The first-order chi connectivity index (χ1) is 9.55. The number of esters is 1. The number of ether oxygens (including phenoxy) is 1. The lowest BCUT2D eigenvalue weighted by molar-refractivity contribution is -0.191. The molecule has 0 spiro atoms. The van der Waals surface area contributed by atoms with Crippen molar-refractivity contribution < 1.29 is 14.4 Å². The van der Waals surface area contributed by atoms with E-state index in [-0.39, 0.29) is 12.1 Å². The van der Waals surface area contributed by atoms with Crippen molar-refractivity contribution in [3.8, 4) is 6.07 Å². The van der Waals surface area contributed by atoms with Crippen LogP contribution in [0.2, 0.25) is 0 Å². The maximum atomic E-state index is 12.1. The van der Waals surface area contributed by atoms with E-state index in [2.05, 4.69) is 11.5 Å². The van der Waals surface area contributed by atoms with E-state index in [1.165, 1.54) is 0 Å². The first-order valence-electron chi connectivity index (χ1n) is 7.32. The number of rotatable bonds is 4. The molecule has 0 radical (unpaired) electrons. The van der Waals surface area contributed by atoms with Crippen LogP contribution in [0.1, 0.15) is 47.5 Å². The highest BCUT2D eigenvalue weighted by atomic mass is 16.7. The number of nitrogens with one attached hydrogen (secondary N) is 1. The highest BCUT2D eigenvalue weighted by Crippen LogP contribution is 2.19. The summed E-state index contributed by atoms with van der Waals surface area (Å²) >= 11 is 0. The molecule has 0 aromatic carbocycles. The first-order valence-corrected chi connectivity index (χ1v) is 7.32. The zero-order valence-electron chi connectivity index (χ0n) is 13.9. The molecule has 6 heteroatoms. The number of nitriles is 1. The predicted molar refractivity (Wildman–Crippen MR) is 79.2 cm³/mol. The average Bonchev–Trinajstić information content (AvgIpc) is 2.34. The van der Waals surface area contributed by atoms with Gasteiger partial charge in [0.25, 0.3) is 0 Å². The van der Waals surface area contributed by atoms with Crippen molar-refractivity contribution >= 4 is 5.97 Å². The molecule has 1 fully saturated rings. The van der Waals surface area contributed by atoms with Gasteiger partial charge in [0.15, 0.2) is 5.60 Å². The molecule has 1 saturated heterocycles. The zero-order chi connectivity index (χ0) is 16.3. The number of carbonyl (C=O) groups excluding carboxylic acids is 1. The van der Waals surface area contributed by atoms with E-state index >= 15 is 0 Å². The summed E-state index contributed by atoms with van der Waals surface area (Å²) in [4.78, 5) is 19.6. The lowest BCUT2D eigenvalue weighted by Gasteiger charge is -2.35. The average molecular weight is 297 g/mol. The van der Waals surface area contributed by atoms with Crippen molar-refractivity contribution in [2.24, 2.45) is 0 Å². The van der Waals surface area contributed by atoms with Gasteiger partial charge in [0, 0.05) is 12.6 Å². The number of piperidine rings is 1. The Kier molecular flexibility index (Phi) is 5.74. The quantitative estimate of drug-likeness (QED) is 0.628.